The normalized spacial score (nSPS) is 17.2. The van der Waals surface area contributed by atoms with Crippen molar-refractivity contribution in [3.05, 3.63) is 0 Å². The molecule has 2 rings (SSSR count). The van der Waals surface area contributed by atoms with Crippen LogP contribution in [0, 0.1) is 0 Å². The molecular formula is C21H42Cl2N4O4. The first kappa shape index (κ1) is 30.0. The summed E-state index contributed by atoms with van der Waals surface area (Å²) in [5.41, 5.74) is 5.62. The van der Waals surface area contributed by atoms with Gasteiger partial charge in [-0.05, 0) is 45.2 Å². The van der Waals surface area contributed by atoms with Crippen LogP contribution in [0.25, 0.3) is 0 Å². The lowest BCUT2D eigenvalue weighted by Gasteiger charge is -2.24. The molecule has 0 aromatic heterocycles. The molecule has 10 heteroatoms. The Balaban J connectivity index is 0.00000450. The minimum Gasteiger partial charge on any atom is -0.448 e. The second-order valence-corrected chi connectivity index (χ2v) is 8.21. The molecule has 8 nitrogen and oxygen atoms in total. The number of amides is 2. The van der Waals surface area contributed by atoms with Crippen molar-refractivity contribution in [3.63, 3.8) is 0 Å². The van der Waals surface area contributed by atoms with Crippen LogP contribution < -0.4 is 16.4 Å². The number of carbonyl (C=O) groups is 2. The van der Waals surface area contributed by atoms with Crippen LogP contribution in [-0.2, 0) is 9.47 Å². The molecule has 0 aliphatic heterocycles. The Kier molecular flexibility index (Phi) is 18.0. The van der Waals surface area contributed by atoms with Gasteiger partial charge in [-0.1, -0.05) is 38.5 Å². The quantitative estimate of drug-likeness (QED) is 0.413. The van der Waals surface area contributed by atoms with Crippen molar-refractivity contribution in [1.82, 2.24) is 15.5 Å². The van der Waals surface area contributed by atoms with Crippen LogP contribution >= 0.6 is 24.8 Å². The molecule has 0 radical (unpaired) electrons. The number of ether oxygens (including phenoxy) is 2. The SMILES string of the molecule is Cl.Cl.NCCCN(CCOC(=O)NC1CCCCC1)CCOC(=O)NC1CCCCC1. The Bertz CT molecular complexity index is 438. The minimum absolute atomic E-state index is 0. The Hall–Kier alpha value is -0.960. The molecule has 0 aromatic carbocycles. The monoisotopic (exact) mass is 484 g/mol. The average Bonchev–Trinajstić information content (AvgIpc) is 2.73. The predicted octanol–water partition coefficient (Wildman–Crippen LogP) is 3.60. The molecule has 4 N–H and O–H groups in total. The average molecular weight is 485 g/mol. The van der Waals surface area contributed by atoms with E-state index in [0.29, 0.717) is 32.8 Å². The maximum Gasteiger partial charge on any atom is 0.407 e. The van der Waals surface area contributed by atoms with Crippen LogP contribution in [-0.4, -0.2) is 68.6 Å². The molecule has 2 aliphatic rings. The van der Waals surface area contributed by atoms with Gasteiger partial charge in [0.2, 0.25) is 0 Å². The molecule has 0 heterocycles. The second kappa shape index (κ2) is 18.6. The largest absolute Gasteiger partial charge is 0.448 e. The third-order valence-electron chi connectivity index (χ3n) is 5.81. The van der Waals surface area contributed by atoms with Crippen LogP contribution in [0.5, 0.6) is 0 Å². The molecule has 0 atom stereocenters. The molecule has 2 aliphatic carbocycles. The van der Waals surface area contributed by atoms with Crippen molar-refractivity contribution in [3.8, 4) is 0 Å². The van der Waals surface area contributed by atoms with Crippen molar-refractivity contribution >= 4 is 37.0 Å². The highest BCUT2D eigenvalue weighted by Crippen LogP contribution is 2.18. The first-order chi connectivity index (χ1) is 14.2. The number of hydrogen-bond donors (Lipinski definition) is 3. The van der Waals surface area contributed by atoms with E-state index in [9.17, 15) is 9.59 Å². The standard InChI is InChI=1S/C21H40N4O4.2ClH/c22-12-7-13-25(14-16-28-20(26)23-18-8-3-1-4-9-18)15-17-29-21(27)24-19-10-5-2-6-11-19;;/h18-19H,1-17,22H2,(H,23,26)(H,24,27);2*1H. The summed E-state index contributed by atoms with van der Waals surface area (Å²) in [4.78, 5) is 26.0. The molecule has 0 spiro atoms. The predicted molar refractivity (Wildman–Crippen MR) is 127 cm³/mol. The number of hydrogen-bond acceptors (Lipinski definition) is 6. The number of alkyl carbamates (subject to hydrolysis) is 2. The molecule has 0 saturated heterocycles. The summed E-state index contributed by atoms with van der Waals surface area (Å²) in [7, 11) is 0. The smallest absolute Gasteiger partial charge is 0.407 e. The van der Waals surface area contributed by atoms with E-state index in [-0.39, 0.29) is 49.1 Å². The van der Waals surface area contributed by atoms with Crippen molar-refractivity contribution in [2.75, 3.05) is 39.4 Å². The third-order valence-corrected chi connectivity index (χ3v) is 5.81. The number of halogens is 2. The van der Waals surface area contributed by atoms with Crippen molar-refractivity contribution in [2.24, 2.45) is 5.73 Å². The minimum atomic E-state index is -0.334. The first-order valence-corrected chi connectivity index (χ1v) is 11.5. The number of nitrogens with two attached hydrogens (primary N) is 1. The van der Waals surface area contributed by atoms with E-state index in [0.717, 1.165) is 38.6 Å². The van der Waals surface area contributed by atoms with Gasteiger partial charge in [0.05, 0.1) is 0 Å². The van der Waals surface area contributed by atoms with E-state index in [1.54, 1.807) is 0 Å². The number of nitrogens with zero attached hydrogens (tertiary/aromatic N) is 1. The first-order valence-electron chi connectivity index (χ1n) is 11.5. The summed E-state index contributed by atoms with van der Waals surface area (Å²) < 4.78 is 10.7. The number of nitrogens with one attached hydrogen (secondary N) is 2. The van der Waals surface area contributed by atoms with Gasteiger partial charge in [0.15, 0.2) is 0 Å². The fourth-order valence-corrected chi connectivity index (χ4v) is 4.10. The summed E-state index contributed by atoms with van der Waals surface area (Å²) in [5, 5.41) is 5.91. The number of rotatable bonds is 11. The topological polar surface area (TPSA) is 106 Å². The van der Waals surface area contributed by atoms with Crippen molar-refractivity contribution in [1.29, 1.82) is 0 Å². The third kappa shape index (κ3) is 13.9. The highest BCUT2D eigenvalue weighted by molar-refractivity contribution is 5.85. The van der Waals surface area contributed by atoms with Crippen LogP contribution in [0.2, 0.25) is 0 Å². The Morgan fingerprint density at radius 1 is 0.742 bits per heavy atom. The van der Waals surface area contributed by atoms with Gasteiger partial charge >= 0.3 is 12.2 Å². The van der Waals surface area contributed by atoms with Gasteiger partial charge in [-0.3, -0.25) is 4.90 Å². The molecular weight excluding hydrogens is 443 g/mol. The van der Waals surface area contributed by atoms with E-state index in [4.69, 9.17) is 15.2 Å². The fourth-order valence-electron chi connectivity index (χ4n) is 4.10. The van der Waals surface area contributed by atoms with Gasteiger partial charge in [-0.2, -0.15) is 0 Å². The zero-order chi connectivity index (χ0) is 20.7. The summed E-state index contributed by atoms with van der Waals surface area (Å²) in [6.07, 6.45) is 11.5. The second-order valence-electron chi connectivity index (χ2n) is 8.21. The van der Waals surface area contributed by atoms with Crippen molar-refractivity contribution < 1.29 is 19.1 Å². The highest BCUT2D eigenvalue weighted by Gasteiger charge is 2.18. The van der Waals surface area contributed by atoms with Crippen LogP contribution in [0.3, 0.4) is 0 Å². The lowest BCUT2D eigenvalue weighted by atomic mass is 9.96. The van der Waals surface area contributed by atoms with E-state index in [1.165, 1.54) is 38.5 Å². The van der Waals surface area contributed by atoms with E-state index >= 15 is 0 Å². The lowest BCUT2D eigenvalue weighted by molar-refractivity contribution is 0.102. The molecule has 31 heavy (non-hydrogen) atoms. The zero-order valence-electron chi connectivity index (χ0n) is 18.6. The van der Waals surface area contributed by atoms with Gasteiger partial charge < -0.3 is 25.8 Å². The molecule has 2 saturated carbocycles. The van der Waals surface area contributed by atoms with Crippen LogP contribution in [0.4, 0.5) is 9.59 Å². The number of carbonyl (C=O) groups excluding carboxylic acids is 2. The summed E-state index contributed by atoms with van der Waals surface area (Å²) in [6, 6.07) is 0.501. The van der Waals surface area contributed by atoms with Crippen LogP contribution in [0.15, 0.2) is 0 Å². The van der Waals surface area contributed by atoms with Gasteiger partial charge in [-0.15, -0.1) is 24.8 Å². The highest BCUT2D eigenvalue weighted by atomic mass is 35.5. The summed E-state index contributed by atoms with van der Waals surface area (Å²) >= 11 is 0. The Morgan fingerprint density at radius 2 is 1.16 bits per heavy atom. The van der Waals surface area contributed by atoms with Gasteiger partial charge in [-0.25, -0.2) is 9.59 Å². The summed E-state index contributed by atoms with van der Waals surface area (Å²) in [6.45, 7) is 3.23. The van der Waals surface area contributed by atoms with Gasteiger partial charge in [0, 0.05) is 25.2 Å². The molecule has 0 bridgehead atoms. The molecule has 0 aromatic rings. The van der Waals surface area contributed by atoms with E-state index < -0.39 is 0 Å². The zero-order valence-corrected chi connectivity index (χ0v) is 20.3. The Labute approximate surface area is 199 Å². The van der Waals surface area contributed by atoms with Gasteiger partial charge in [0.25, 0.3) is 0 Å². The molecule has 0 unspecified atom stereocenters. The van der Waals surface area contributed by atoms with Gasteiger partial charge in [0.1, 0.15) is 13.2 Å². The molecule has 2 amide bonds. The fraction of sp³-hybridized carbons (Fsp3) is 0.905. The summed E-state index contributed by atoms with van der Waals surface area (Å²) in [5.74, 6) is 0. The molecule has 184 valence electrons. The van der Waals surface area contributed by atoms with E-state index in [2.05, 4.69) is 15.5 Å². The van der Waals surface area contributed by atoms with E-state index in [1.807, 2.05) is 0 Å². The Morgan fingerprint density at radius 3 is 1.55 bits per heavy atom. The van der Waals surface area contributed by atoms with Crippen molar-refractivity contribution in [2.45, 2.75) is 82.7 Å². The lowest BCUT2D eigenvalue weighted by Crippen LogP contribution is -2.40. The molecule has 2 fully saturated rings. The maximum atomic E-state index is 11.9. The van der Waals surface area contributed by atoms with Crippen LogP contribution in [0.1, 0.15) is 70.6 Å². The maximum absolute atomic E-state index is 11.9.